The van der Waals surface area contributed by atoms with Crippen molar-refractivity contribution in [2.24, 2.45) is 0 Å². The van der Waals surface area contributed by atoms with E-state index in [0.29, 0.717) is 5.69 Å². The Balaban J connectivity index is 2.45. The molecule has 0 aliphatic rings. The Morgan fingerprint density at radius 2 is 2.11 bits per heavy atom. The number of benzene rings is 1. The van der Waals surface area contributed by atoms with Crippen LogP contribution in [0.1, 0.15) is 16.1 Å². The summed E-state index contributed by atoms with van der Waals surface area (Å²) in [7, 11) is 0. The maximum atomic E-state index is 13.7. The average molecular weight is 282 g/mol. The summed E-state index contributed by atoms with van der Waals surface area (Å²) in [6.07, 6.45) is 0. The van der Waals surface area contributed by atoms with Gasteiger partial charge in [0, 0.05) is 5.69 Å². The molecule has 0 radical (unpaired) electrons. The number of aromatic nitrogens is 1. The molecule has 1 aromatic carbocycles. The van der Waals surface area contributed by atoms with Crippen LogP contribution in [0.25, 0.3) is 0 Å². The third-order valence-electron chi connectivity index (χ3n) is 2.35. The predicted molar refractivity (Wildman–Crippen MR) is 67.4 cm³/mol. The van der Waals surface area contributed by atoms with Crippen molar-refractivity contribution in [2.75, 3.05) is 0 Å². The zero-order chi connectivity index (χ0) is 14.0. The zero-order valence-electron chi connectivity index (χ0n) is 9.85. The van der Waals surface area contributed by atoms with Crippen molar-refractivity contribution in [3.05, 3.63) is 52.4 Å². The summed E-state index contributed by atoms with van der Waals surface area (Å²) in [5.74, 6) is -2.31. The predicted octanol–water partition coefficient (Wildman–Crippen LogP) is 3.67. The molecule has 0 spiro atoms. The van der Waals surface area contributed by atoms with Crippen molar-refractivity contribution in [1.82, 2.24) is 4.98 Å². The highest BCUT2D eigenvalue weighted by Crippen LogP contribution is 2.29. The molecule has 0 saturated heterocycles. The Morgan fingerprint density at radius 1 is 1.37 bits per heavy atom. The summed E-state index contributed by atoms with van der Waals surface area (Å²) in [5.41, 5.74) is 0.410. The molecule has 0 unspecified atom stereocenters. The van der Waals surface area contributed by atoms with Crippen LogP contribution in [0.3, 0.4) is 0 Å². The van der Waals surface area contributed by atoms with Crippen LogP contribution < -0.4 is 4.74 Å². The molecule has 98 valence electrons. The first-order chi connectivity index (χ1) is 8.99. The maximum absolute atomic E-state index is 13.7. The molecular weight excluding hydrogens is 273 g/mol. The van der Waals surface area contributed by atoms with Crippen LogP contribution >= 0.6 is 11.6 Å². The molecule has 2 aromatic rings. The van der Waals surface area contributed by atoms with Gasteiger partial charge in [-0.1, -0.05) is 17.7 Å². The van der Waals surface area contributed by atoms with E-state index < -0.39 is 11.8 Å². The van der Waals surface area contributed by atoms with Crippen LogP contribution in [0.5, 0.6) is 11.6 Å². The number of pyridine rings is 1. The second-order valence-electron chi connectivity index (χ2n) is 3.76. The number of carboxylic acids is 1. The van der Waals surface area contributed by atoms with Crippen molar-refractivity contribution in [3.63, 3.8) is 0 Å². The van der Waals surface area contributed by atoms with E-state index in [-0.39, 0.29) is 22.2 Å². The lowest BCUT2D eigenvalue weighted by Gasteiger charge is -2.09. The molecule has 0 atom stereocenters. The summed E-state index contributed by atoms with van der Waals surface area (Å²) in [6, 6.07) is 7.09. The number of ether oxygens (including phenoxy) is 1. The van der Waals surface area contributed by atoms with E-state index in [1.807, 2.05) is 0 Å². The van der Waals surface area contributed by atoms with Gasteiger partial charge in [0.25, 0.3) is 0 Å². The van der Waals surface area contributed by atoms with Crippen LogP contribution in [-0.4, -0.2) is 16.1 Å². The van der Waals surface area contributed by atoms with E-state index in [9.17, 15) is 9.18 Å². The minimum absolute atomic E-state index is 0.109. The van der Waals surface area contributed by atoms with Crippen molar-refractivity contribution < 1.29 is 19.0 Å². The van der Waals surface area contributed by atoms with Gasteiger partial charge in [-0.2, -0.15) is 0 Å². The molecule has 0 aliphatic heterocycles. The molecule has 0 amide bonds. The zero-order valence-corrected chi connectivity index (χ0v) is 10.6. The van der Waals surface area contributed by atoms with E-state index in [1.54, 1.807) is 6.92 Å². The van der Waals surface area contributed by atoms with Gasteiger partial charge in [-0.3, -0.25) is 0 Å². The van der Waals surface area contributed by atoms with E-state index in [1.165, 1.54) is 30.3 Å². The number of aromatic carboxylic acids is 1. The van der Waals surface area contributed by atoms with Gasteiger partial charge < -0.3 is 9.84 Å². The normalized spacial score (nSPS) is 10.3. The molecule has 19 heavy (non-hydrogen) atoms. The van der Waals surface area contributed by atoms with Gasteiger partial charge in [0.05, 0.1) is 5.02 Å². The third-order valence-corrected chi connectivity index (χ3v) is 2.64. The molecule has 4 nitrogen and oxygen atoms in total. The number of carboxylic acid groups (broad SMARTS) is 1. The largest absolute Gasteiger partial charge is 0.477 e. The van der Waals surface area contributed by atoms with Crippen LogP contribution in [-0.2, 0) is 0 Å². The first-order valence-electron chi connectivity index (χ1n) is 5.32. The van der Waals surface area contributed by atoms with Gasteiger partial charge in [-0.05, 0) is 31.2 Å². The topological polar surface area (TPSA) is 59.4 Å². The molecule has 1 aromatic heterocycles. The fraction of sp³-hybridized carbons (Fsp3) is 0.0769. The molecule has 1 N–H and O–H groups in total. The van der Waals surface area contributed by atoms with Crippen LogP contribution in [0.15, 0.2) is 30.3 Å². The highest BCUT2D eigenvalue weighted by Gasteiger charge is 2.16. The molecule has 0 saturated carbocycles. The summed E-state index contributed by atoms with van der Waals surface area (Å²) in [5, 5.41) is 8.91. The second-order valence-corrected chi connectivity index (χ2v) is 4.17. The quantitative estimate of drug-likeness (QED) is 0.932. The first kappa shape index (κ1) is 13.3. The summed E-state index contributed by atoms with van der Waals surface area (Å²) in [6.45, 7) is 1.67. The monoisotopic (exact) mass is 281 g/mol. The van der Waals surface area contributed by atoms with Crippen molar-refractivity contribution in [1.29, 1.82) is 0 Å². The number of rotatable bonds is 3. The highest BCUT2D eigenvalue weighted by molar-refractivity contribution is 6.30. The Bertz CT molecular complexity index is 646. The number of hydrogen-bond donors (Lipinski definition) is 1. The van der Waals surface area contributed by atoms with E-state index in [0.717, 1.165) is 0 Å². The van der Waals surface area contributed by atoms with Crippen molar-refractivity contribution >= 4 is 17.6 Å². The molecule has 0 aliphatic carbocycles. The molecule has 0 fully saturated rings. The standard InChI is InChI=1S/C13H9ClFNO3/c1-7-5-6-8(13(17)18)12(16-7)19-10-4-2-3-9(14)11(10)15/h2-6H,1H3,(H,17,18). The molecule has 6 heteroatoms. The van der Waals surface area contributed by atoms with Crippen molar-refractivity contribution in [2.45, 2.75) is 6.92 Å². The van der Waals surface area contributed by atoms with Crippen LogP contribution in [0.2, 0.25) is 5.02 Å². The second kappa shape index (κ2) is 5.24. The first-order valence-corrected chi connectivity index (χ1v) is 5.69. The molecule has 0 bridgehead atoms. The minimum atomic E-state index is -1.20. The Kier molecular flexibility index (Phi) is 3.66. The number of carbonyl (C=O) groups is 1. The van der Waals surface area contributed by atoms with Crippen LogP contribution in [0, 0.1) is 12.7 Å². The van der Waals surface area contributed by atoms with Gasteiger partial charge >= 0.3 is 5.97 Å². The van der Waals surface area contributed by atoms with Crippen LogP contribution in [0.4, 0.5) is 4.39 Å². The lowest BCUT2D eigenvalue weighted by atomic mass is 10.2. The smallest absolute Gasteiger partial charge is 0.341 e. The van der Waals surface area contributed by atoms with E-state index in [2.05, 4.69) is 4.98 Å². The van der Waals surface area contributed by atoms with Gasteiger partial charge in [0.1, 0.15) is 5.56 Å². The highest BCUT2D eigenvalue weighted by atomic mass is 35.5. The fourth-order valence-corrected chi connectivity index (χ4v) is 1.61. The Hall–Kier alpha value is -2.14. The number of nitrogens with zero attached hydrogens (tertiary/aromatic N) is 1. The number of hydrogen-bond acceptors (Lipinski definition) is 3. The Morgan fingerprint density at radius 3 is 2.79 bits per heavy atom. The molecule has 1 heterocycles. The van der Waals surface area contributed by atoms with Crippen molar-refractivity contribution in [3.8, 4) is 11.6 Å². The fourth-order valence-electron chi connectivity index (χ4n) is 1.44. The summed E-state index contributed by atoms with van der Waals surface area (Å²) < 4.78 is 18.9. The minimum Gasteiger partial charge on any atom is -0.477 e. The Labute approximate surface area is 113 Å². The maximum Gasteiger partial charge on any atom is 0.341 e. The lowest BCUT2D eigenvalue weighted by Crippen LogP contribution is -2.03. The van der Waals surface area contributed by atoms with Gasteiger partial charge in [0.15, 0.2) is 11.6 Å². The number of halogens is 2. The third kappa shape index (κ3) is 2.82. The van der Waals surface area contributed by atoms with Gasteiger partial charge in [0.2, 0.25) is 5.88 Å². The molecule has 2 rings (SSSR count). The molecular formula is C13H9ClFNO3. The lowest BCUT2D eigenvalue weighted by molar-refractivity contribution is 0.0693. The van der Waals surface area contributed by atoms with Gasteiger partial charge in [-0.25, -0.2) is 14.2 Å². The van der Waals surface area contributed by atoms with E-state index in [4.69, 9.17) is 21.4 Å². The number of aryl methyl sites for hydroxylation is 1. The average Bonchev–Trinajstić information content (AvgIpc) is 2.35. The summed E-state index contributed by atoms with van der Waals surface area (Å²) >= 11 is 5.62. The SMILES string of the molecule is Cc1ccc(C(=O)O)c(Oc2cccc(Cl)c2F)n1. The summed E-state index contributed by atoms with van der Waals surface area (Å²) in [4.78, 5) is 15.0. The van der Waals surface area contributed by atoms with E-state index >= 15 is 0 Å². The van der Waals surface area contributed by atoms with Gasteiger partial charge in [-0.15, -0.1) is 0 Å².